The standard InChI is InChI=1S/C8H17NO2.C4H10O2/c1-3-4-5-6-7-8(2)11-9-10;1-4(2,3)6-5/h8H,3-7H2,1-2H3;5H,1-3H3. The van der Waals surface area contributed by atoms with Crippen LogP contribution in [0.5, 0.6) is 0 Å². The zero-order valence-corrected chi connectivity index (χ0v) is 11.7. The van der Waals surface area contributed by atoms with Crippen molar-refractivity contribution in [1.29, 1.82) is 0 Å². The Labute approximate surface area is 104 Å². The van der Waals surface area contributed by atoms with E-state index < -0.39 is 5.60 Å². The summed E-state index contributed by atoms with van der Waals surface area (Å²) in [6, 6.07) is 0. The summed E-state index contributed by atoms with van der Waals surface area (Å²) in [5, 5.41) is 10.3. The first-order valence-corrected chi connectivity index (χ1v) is 6.18. The van der Waals surface area contributed by atoms with Gasteiger partial charge >= 0.3 is 0 Å². The second kappa shape index (κ2) is 11.8. The average Bonchev–Trinajstić information content (AvgIpc) is 2.25. The van der Waals surface area contributed by atoms with Crippen LogP contribution in [0, 0.1) is 4.91 Å². The molecule has 5 nitrogen and oxygen atoms in total. The van der Waals surface area contributed by atoms with Gasteiger partial charge in [0, 0.05) is 0 Å². The second-order valence-corrected chi connectivity index (χ2v) is 5.04. The summed E-state index contributed by atoms with van der Waals surface area (Å²) in [6.45, 7) is 9.35. The molecule has 0 aliphatic rings. The van der Waals surface area contributed by atoms with E-state index in [1.165, 1.54) is 19.3 Å². The van der Waals surface area contributed by atoms with Crippen LogP contribution in [0.1, 0.15) is 66.7 Å². The fourth-order valence-corrected chi connectivity index (χ4v) is 0.985. The van der Waals surface area contributed by atoms with Gasteiger partial charge in [-0.05, 0) is 40.5 Å². The third-order valence-corrected chi connectivity index (χ3v) is 1.96. The molecule has 0 radical (unpaired) electrons. The number of unbranched alkanes of at least 4 members (excludes halogenated alkanes) is 3. The summed E-state index contributed by atoms with van der Waals surface area (Å²) < 4.78 is 0. The lowest BCUT2D eigenvalue weighted by Crippen LogP contribution is -2.15. The molecule has 0 saturated carbocycles. The molecule has 0 aliphatic carbocycles. The van der Waals surface area contributed by atoms with E-state index >= 15 is 0 Å². The van der Waals surface area contributed by atoms with Crippen LogP contribution in [0.4, 0.5) is 0 Å². The molecule has 0 bridgehead atoms. The molecule has 0 saturated heterocycles. The Kier molecular flexibility index (Phi) is 13.0. The van der Waals surface area contributed by atoms with E-state index in [-0.39, 0.29) is 6.10 Å². The van der Waals surface area contributed by atoms with Gasteiger partial charge in [0.05, 0.1) is 5.60 Å². The van der Waals surface area contributed by atoms with Crippen LogP contribution in [-0.2, 0) is 9.73 Å². The van der Waals surface area contributed by atoms with Crippen molar-refractivity contribution in [3.63, 3.8) is 0 Å². The lowest BCUT2D eigenvalue weighted by atomic mass is 10.1. The predicted molar refractivity (Wildman–Crippen MR) is 68.6 cm³/mol. The first-order valence-electron chi connectivity index (χ1n) is 6.18. The van der Waals surface area contributed by atoms with Gasteiger partial charge in [-0.2, -0.15) is 0 Å². The van der Waals surface area contributed by atoms with Gasteiger partial charge in [0.1, 0.15) is 6.10 Å². The van der Waals surface area contributed by atoms with Crippen LogP contribution in [0.2, 0.25) is 0 Å². The minimum atomic E-state index is -0.403. The van der Waals surface area contributed by atoms with Crippen LogP contribution < -0.4 is 0 Å². The first-order chi connectivity index (χ1) is 7.87. The van der Waals surface area contributed by atoms with Crippen molar-refractivity contribution in [3.05, 3.63) is 4.91 Å². The zero-order chi connectivity index (χ0) is 13.7. The molecule has 17 heavy (non-hydrogen) atoms. The molecule has 0 heterocycles. The van der Waals surface area contributed by atoms with E-state index in [1.54, 1.807) is 20.8 Å². The Morgan fingerprint density at radius 3 is 2.12 bits per heavy atom. The van der Waals surface area contributed by atoms with Crippen molar-refractivity contribution < 1.29 is 15.0 Å². The third kappa shape index (κ3) is 21.2. The van der Waals surface area contributed by atoms with E-state index in [0.717, 1.165) is 12.8 Å². The molecule has 0 fully saturated rings. The van der Waals surface area contributed by atoms with Gasteiger partial charge in [0.15, 0.2) is 5.34 Å². The van der Waals surface area contributed by atoms with Gasteiger partial charge in [-0.3, -0.25) is 5.26 Å². The van der Waals surface area contributed by atoms with Gasteiger partial charge in [-0.15, -0.1) is 4.91 Å². The average molecular weight is 249 g/mol. The van der Waals surface area contributed by atoms with Crippen molar-refractivity contribution in [2.45, 2.75) is 78.4 Å². The quantitative estimate of drug-likeness (QED) is 0.316. The van der Waals surface area contributed by atoms with Gasteiger partial charge in [0.2, 0.25) is 0 Å². The van der Waals surface area contributed by atoms with Crippen LogP contribution in [-0.4, -0.2) is 17.0 Å². The molecule has 5 heteroatoms. The van der Waals surface area contributed by atoms with Crippen molar-refractivity contribution in [2.24, 2.45) is 5.34 Å². The van der Waals surface area contributed by atoms with E-state index in [1.807, 2.05) is 6.92 Å². The number of nitrogens with zero attached hydrogens (tertiary/aromatic N) is 1. The highest BCUT2D eigenvalue weighted by Gasteiger charge is 2.07. The highest BCUT2D eigenvalue weighted by molar-refractivity contribution is 4.53. The summed E-state index contributed by atoms with van der Waals surface area (Å²) >= 11 is 0. The summed E-state index contributed by atoms with van der Waals surface area (Å²) in [5.74, 6) is 0. The highest BCUT2D eigenvalue weighted by Crippen LogP contribution is 2.07. The van der Waals surface area contributed by atoms with E-state index in [4.69, 9.17) is 5.26 Å². The first kappa shape index (κ1) is 18.7. The van der Waals surface area contributed by atoms with Crippen LogP contribution in [0.25, 0.3) is 0 Å². The lowest BCUT2D eigenvalue weighted by Gasteiger charge is -2.10. The molecule has 0 rings (SSSR count). The Morgan fingerprint density at radius 1 is 1.24 bits per heavy atom. The maximum absolute atomic E-state index is 9.63. The number of hydrogen-bond acceptors (Lipinski definition) is 5. The van der Waals surface area contributed by atoms with E-state index in [0.29, 0.717) is 0 Å². The van der Waals surface area contributed by atoms with Crippen LogP contribution in [0.3, 0.4) is 0 Å². The molecule has 0 aromatic rings. The smallest absolute Gasteiger partial charge is 0.155 e. The Balaban J connectivity index is 0. The molecular weight excluding hydrogens is 222 g/mol. The van der Waals surface area contributed by atoms with Crippen molar-refractivity contribution >= 4 is 0 Å². The van der Waals surface area contributed by atoms with Crippen molar-refractivity contribution in [3.8, 4) is 0 Å². The zero-order valence-electron chi connectivity index (χ0n) is 11.7. The van der Waals surface area contributed by atoms with Gasteiger partial charge < -0.3 is 4.84 Å². The molecule has 1 atom stereocenters. The Hall–Kier alpha value is -0.680. The summed E-state index contributed by atoms with van der Waals surface area (Å²) in [5.41, 5.74) is -0.403. The highest BCUT2D eigenvalue weighted by atomic mass is 17.1. The molecule has 1 N–H and O–H groups in total. The second-order valence-electron chi connectivity index (χ2n) is 5.04. The number of hydrogen-bond donors (Lipinski definition) is 1. The fraction of sp³-hybridized carbons (Fsp3) is 1.00. The topological polar surface area (TPSA) is 68.1 Å². The SMILES string of the molecule is CC(C)(C)OO.CCCCCCC(C)ON=O. The molecule has 0 aromatic carbocycles. The molecule has 0 spiro atoms. The largest absolute Gasteiger partial charge is 0.361 e. The molecule has 0 aromatic heterocycles. The third-order valence-electron chi connectivity index (χ3n) is 1.96. The fourth-order valence-electron chi connectivity index (χ4n) is 0.985. The minimum Gasteiger partial charge on any atom is -0.361 e. The minimum absolute atomic E-state index is 0.00986. The maximum Gasteiger partial charge on any atom is 0.155 e. The van der Waals surface area contributed by atoms with Gasteiger partial charge in [0.25, 0.3) is 0 Å². The molecular formula is C12H27NO4. The Morgan fingerprint density at radius 2 is 1.76 bits per heavy atom. The van der Waals surface area contributed by atoms with Crippen molar-refractivity contribution in [1.82, 2.24) is 0 Å². The molecule has 104 valence electrons. The van der Waals surface area contributed by atoms with Crippen LogP contribution >= 0.6 is 0 Å². The van der Waals surface area contributed by atoms with Gasteiger partial charge in [-0.25, -0.2) is 4.89 Å². The van der Waals surface area contributed by atoms with E-state index in [9.17, 15) is 4.91 Å². The summed E-state index contributed by atoms with van der Waals surface area (Å²) in [4.78, 5) is 18.1. The predicted octanol–water partition coefficient (Wildman–Crippen LogP) is 4.32. The van der Waals surface area contributed by atoms with Crippen LogP contribution in [0.15, 0.2) is 5.34 Å². The molecule has 0 aliphatic heterocycles. The molecule has 0 amide bonds. The maximum atomic E-state index is 9.63. The monoisotopic (exact) mass is 249 g/mol. The normalized spacial score (nSPS) is 12.4. The van der Waals surface area contributed by atoms with Gasteiger partial charge in [-0.1, -0.05) is 26.2 Å². The summed E-state index contributed by atoms with van der Waals surface area (Å²) in [6.07, 6.45) is 5.78. The Bertz CT molecular complexity index is 168. The number of rotatable bonds is 7. The van der Waals surface area contributed by atoms with Crippen molar-refractivity contribution in [2.75, 3.05) is 0 Å². The lowest BCUT2D eigenvalue weighted by molar-refractivity contribution is -0.306. The molecule has 1 unspecified atom stereocenters. The summed E-state index contributed by atoms with van der Waals surface area (Å²) in [7, 11) is 0. The van der Waals surface area contributed by atoms with E-state index in [2.05, 4.69) is 22.0 Å².